The minimum atomic E-state index is -0.339. The average Bonchev–Trinajstić information content (AvgIpc) is 2.81. The summed E-state index contributed by atoms with van der Waals surface area (Å²) in [6, 6.07) is 17.3. The smallest absolute Gasteiger partial charge is 0.269 e. The van der Waals surface area contributed by atoms with Crippen LogP contribution in [0.4, 0.5) is 5.69 Å². The highest BCUT2D eigenvalue weighted by molar-refractivity contribution is 5.95. The van der Waals surface area contributed by atoms with Crippen LogP contribution in [0.5, 0.6) is 5.75 Å². The molecule has 1 aliphatic rings. The Morgan fingerprint density at radius 3 is 2.37 bits per heavy atom. The van der Waals surface area contributed by atoms with Crippen LogP contribution in [0.15, 0.2) is 54.6 Å². The number of hydrazine groups is 1. The van der Waals surface area contributed by atoms with Crippen molar-refractivity contribution in [3.63, 3.8) is 0 Å². The van der Waals surface area contributed by atoms with Crippen molar-refractivity contribution in [3.05, 3.63) is 60.2 Å². The highest BCUT2D eigenvalue weighted by Crippen LogP contribution is 2.13. The molecule has 3 rings (SSSR count). The topological polar surface area (TPSA) is 75.1 Å². The van der Waals surface area contributed by atoms with Crippen molar-refractivity contribution in [2.24, 2.45) is 0 Å². The SMILES string of the molecule is CCCOc1ccc(C(=O)NNC(=O)CC[NH+]2CCN(c3ccccc3)CC2)cc1. The van der Waals surface area contributed by atoms with E-state index in [2.05, 4.69) is 40.0 Å². The molecule has 1 heterocycles. The van der Waals surface area contributed by atoms with Crippen LogP contribution in [-0.2, 0) is 4.79 Å². The molecule has 160 valence electrons. The number of benzene rings is 2. The molecule has 2 aromatic carbocycles. The van der Waals surface area contributed by atoms with Gasteiger partial charge in [-0.15, -0.1) is 0 Å². The van der Waals surface area contributed by atoms with Gasteiger partial charge < -0.3 is 14.5 Å². The lowest BCUT2D eigenvalue weighted by molar-refractivity contribution is -0.900. The largest absolute Gasteiger partial charge is 0.494 e. The maximum atomic E-state index is 12.2. The number of nitrogens with one attached hydrogen (secondary N) is 3. The Morgan fingerprint density at radius 1 is 1.00 bits per heavy atom. The molecule has 2 amide bonds. The van der Waals surface area contributed by atoms with E-state index in [1.807, 2.05) is 13.0 Å². The van der Waals surface area contributed by atoms with Crippen LogP contribution in [0.1, 0.15) is 30.1 Å². The molecule has 0 unspecified atom stereocenters. The summed E-state index contributed by atoms with van der Waals surface area (Å²) >= 11 is 0. The Labute approximate surface area is 178 Å². The third-order valence-corrected chi connectivity index (χ3v) is 5.20. The predicted octanol–water partition coefficient (Wildman–Crippen LogP) is 1.03. The van der Waals surface area contributed by atoms with Crippen LogP contribution in [0.2, 0.25) is 0 Å². The van der Waals surface area contributed by atoms with Gasteiger partial charge in [-0.2, -0.15) is 0 Å². The van der Waals surface area contributed by atoms with E-state index in [1.165, 1.54) is 10.6 Å². The molecule has 7 nitrogen and oxygen atoms in total. The highest BCUT2D eigenvalue weighted by atomic mass is 16.5. The fourth-order valence-electron chi connectivity index (χ4n) is 3.44. The van der Waals surface area contributed by atoms with Gasteiger partial charge in [0.15, 0.2) is 0 Å². The van der Waals surface area contributed by atoms with Gasteiger partial charge in [0.05, 0.1) is 45.8 Å². The van der Waals surface area contributed by atoms with Crippen LogP contribution in [0.25, 0.3) is 0 Å². The maximum Gasteiger partial charge on any atom is 0.269 e. The van der Waals surface area contributed by atoms with E-state index < -0.39 is 0 Å². The van der Waals surface area contributed by atoms with Crippen LogP contribution < -0.4 is 25.4 Å². The summed E-state index contributed by atoms with van der Waals surface area (Å²) in [5.41, 5.74) is 6.72. The first-order valence-corrected chi connectivity index (χ1v) is 10.6. The number of carbonyl (C=O) groups excluding carboxylic acids is 2. The highest BCUT2D eigenvalue weighted by Gasteiger charge is 2.20. The lowest BCUT2D eigenvalue weighted by Gasteiger charge is -2.33. The normalized spacial score (nSPS) is 14.2. The number of nitrogens with zero attached hydrogens (tertiary/aromatic N) is 1. The summed E-state index contributed by atoms with van der Waals surface area (Å²) in [6.45, 7) is 7.41. The van der Waals surface area contributed by atoms with Crippen molar-refractivity contribution in [3.8, 4) is 5.75 Å². The van der Waals surface area contributed by atoms with E-state index in [0.29, 0.717) is 18.6 Å². The fraction of sp³-hybridized carbons (Fsp3) is 0.391. The van der Waals surface area contributed by atoms with E-state index >= 15 is 0 Å². The zero-order valence-corrected chi connectivity index (χ0v) is 17.5. The summed E-state index contributed by atoms with van der Waals surface area (Å²) in [7, 11) is 0. The number of piperazine rings is 1. The van der Waals surface area contributed by atoms with Crippen molar-refractivity contribution in [2.45, 2.75) is 19.8 Å². The zero-order chi connectivity index (χ0) is 21.2. The lowest BCUT2D eigenvalue weighted by Crippen LogP contribution is -3.15. The van der Waals surface area contributed by atoms with Crippen LogP contribution in [0, 0.1) is 0 Å². The lowest BCUT2D eigenvalue weighted by atomic mass is 10.2. The van der Waals surface area contributed by atoms with E-state index in [-0.39, 0.29) is 11.8 Å². The molecule has 0 atom stereocenters. The van der Waals surface area contributed by atoms with Gasteiger partial charge in [-0.05, 0) is 42.8 Å². The van der Waals surface area contributed by atoms with Crippen molar-refractivity contribution in [1.29, 1.82) is 0 Å². The number of hydrogen-bond donors (Lipinski definition) is 3. The minimum Gasteiger partial charge on any atom is -0.494 e. The molecule has 1 saturated heterocycles. The molecule has 0 bridgehead atoms. The van der Waals surface area contributed by atoms with Gasteiger partial charge in [0, 0.05) is 11.3 Å². The van der Waals surface area contributed by atoms with Gasteiger partial charge in [-0.25, -0.2) is 0 Å². The molecular weight excluding hydrogens is 380 g/mol. The third kappa shape index (κ3) is 6.49. The number of rotatable bonds is 8. The van der Waals surface area contributed by atoms with Crippen LogP contribution >= 0.6 is 0 Å². The number of anilines is 1. The molecule has 0 spiro atoms. The third-order valence-electron chi connectivity index (χ3n) is 5.20. The van der Waals surface area contributed by atoms with Gasteiger partial charge in [0.2, 0.25) is 5.91 Å². The van der Waals surface area contributed by atoms with Gasteiger partial charge in [-0.3, -0.25) is 20.4 Å². The molecule has 7 heteroatoms. The van der Waals surface area contributed by atoms with E-state index in [1.54, 1.807) is 24.3 Å². The summed E-state index contributed by atoms with van der Waals surface area (Å²) in [5, 5.41) is 0. The van der Waals surface area contributed by atoms with Crippen molar-refractivity contribution >= 4 is 17.5 Å². The summed E-state index contributed by atoms with van der Waals surface area (Å²) < 4.78 is 5.50. The number of ether oxygens (including phenoxy) is 1. The Hall–Kier alpha value is -3.06. The quantitative estimate of drug-likeness (QED) is 0.568. The first-order valence-electron chi connectivity index (χ1n) is 10.6. The van der Waals surface area contributed by atoms with Gasteiger partial charge in [-0.1, -0.05) is 25.1 Å². The first-order chi connectivity index (χ1) is 14.7. The number of quaternary nitrogens is 1. The fourth-order valence-corrected chi connectivity index (χ4v) is 3.44. The predicted molar refractivity (Wildman–Crippen MR) is 117 cm³/mol. The average molecular weight is 412 g/mol. The number of carbonyl (C=O) groups is 2. The maximum absolute atomic E-state index is 12.2. The molecule has 30 heavy (non-hydrogen) atoms. The van der Waals surface area contributed by atoms with E-state index in [9.17, 15) is 9.59 Å². The minimum absolute atomic E-state index is 0.177. The van der Waals surface area contributed by atoms with E-state index in [4.69, 9.17) is 4.74 Å². The molecule has 0 saturated carbocycles. The van der Waals surface area contributed by atoms with Gasteiger partial charge >= 0.3 is 0 Å². The molecule has 0 aromatic heterocycles. The Balaban J connectivity index is 1.33. The van der Waals surface area contributed by atoms with Crippen LogP contribution in [-0.4, -0.2) is 51.1 Å². The van der Waals surface area contributed by atoms with Crippen molar-refractivity contribution in [2.75, 3.05) is 44.2 Å². The number of hydrogen-bond acceptors (Lipinski definition) is 4. The molecule has 0 radical (unpaired) electrons. The van der Waals surface area contributed by atoms with Gasteiger partial charge in [0.25, 0.3) is 5.91 Å². The molecule has 1 fully saturated rings. The molecule has 0 aliphatic carbocycles. The molecule has 1 aliphatic heterocycles. The summed E-state index contributed by atoms with van der Waals surface area (Å²) in [4.78, 5) is 28.1. The Bertz CT molecular complexity index is 803. The monoisotopic (exact) mass is 411 g/mol. The van der Waals surface area contributed by atoms with E-state index in [0.717, 1.165) is 44.9 Å². The number of para-hydroxylation sites is 1. The van der Waals surface area contributed by atoms with Crippen molar-refractivity contribution < 1.29 is 19.2 Å². The standard InChI is InChI=1S/C23H30N4O3/c1-2-18-30-21-10-8-19(9-11-21)23(29)25-24-22(28)12-13-26-14-16-27(17-15-26)20-6-4-3-5-7-20/h3-11H,2,12-18H2,1H3,(H,24,28)(H,25,29)/p+1. The summed E-state index contributed by atoms with van der Waals surface area (Å²) in [5.74, 6) is 0.214. The molecular formula is C23H31N4O3+. The van der Waals surface area contributed by atoms with Crippen molar-refractivity contribution in [1.82, 2.24) is 10.9 Å². The Kier molecular flexibility index (Phi) is 8.09. The Morgan fingerprint density at radius 2 is 1.70 bits per heavy atom. The first kappa shape index (κ1) is 21.6. The second-order valence-electron chi connectivity index (χ2n) is 7.45. The second-order valence-corrected chi connectivity index (χ2v) is 7.45. The summed E-state index contributed by atoms with van der Waals surface area (Å²) in [6.07, 6.45) is 1.31. The second kappa shape index (κ2) is 11.2. The zero-order valence-electron chi connectivity index (χ0n) is 17.5. The molecule has 2 aromatic rings. The van der Waals surface area contributed by atoms with Crippen LogP contribution in [0.3, 0.4) is 0 Å². The van der Waals surface area contributed by atoms with Gasteiger partial charge in [0.1, 0.15) is 5.75 Å². The number of amides is 2. The molecule has 3 N–H and O–H groups in total.